The minimum atomic E-state index is -0.813. The number of benzene rings is 1. The van der Waals surface area contributed by atoms with Gasteiger partial charge in [0.2, 0.25) is 0 Å². The molecule has 3 heteroatoms. The van der Waals surface area contributed by atoms with Crippen LogP contribution in [0.15, 0.2) is 18.2 Å². The average Bonchev–Trinajstić information content (AvgIpc) is 2.23. The molecule has 0 spiro atoms. The van der Waals surface area contributed by atoms with Crippen LogP contribution in [0.5, 0.6) is 0 Å². The van der Waals surface area contributed by atoms with Crippen molar-refractivity contribution in [1.82, 2.24) is 0 Å². The van der Waals surface area contributed by atoms with Crippen LogP contribution in [0.25, 0.3) is 0 Å². The summed E-state index contributed by atoms with van der Waals surface area (Å²) in [6, 6.07) is 5.99. The molecule has 0 saturated carbocycles. The van der Waals surface area contributed by atoms with Crippen LogP contribution in [-0.2, 0) is 14.9 Å². The summed E-state index contributed by atoms with van der Waals surface area (Å²) in [4.78, 5) is 11.7. The lowest BCUT2D eigenvalue weighted by Gasteiger charge is -2.35. The van der Waals surface area contributed by atoms with E-state index >= 15 is 0 Å². The molecule has 1 saturated heterocycles. The second-order valence-electron chi connectivity index (χ2n) is 5.56. The van der Waals surface area contributed by atoms with Crippen LogP contribution in [0, 0.1) is 19.8 Å². The molecule has 18 heavy (non-hydrogen) atoms. The number of ether oxygens (including phenoxy) is 1. The predicted molar refractivity (Wildman–Crippen MR) is 69.8 cm³/mol. The van der Waals surface area contributed by atoms with Gasteiger partial charge in [-0.1, -0.05) is 23.8 Å². The topological polar surface area (TPSA) is 46.5 Å². The van der Waals surface area contributed by atoms with Gasteiger partial charge in [0.05, 0.1) is 18.6 Å². The number of hydrogen-bond donors (Lipinski definition) is 1. The van der Waals surface area contributed by atoms with Crippen LogP contribution in [0.1, 0.15) is 30.0 Å². The zero-order valence-corrected chi connectivity index (χ0v) is 11.2. The molecule has 0 aromatic heterocycles. The van der Waals surface area contributed by atoms with Crippen molar-refractivity contribution < 1.29 is 14.6 Å². The summed E-state index contributed by atoms with van der Waals surface area (Å²) in [5.74, 6) is -0.381. The fourth-order valence-corrected chi connectivity index (χ4v) is 2.72. The normalized spacial score (nSPS) is 19.1. The molecule has 1 fully saturated rings. The highest BCUT2D eigenvalue weighted by molar-refractivity contribution is 5.81. The Morgan fingerprint density at radius 3 is 2.56 bits per heavy atom. The molecule has 2 rings (SSSR count). The Bertz CT molecular complexity index is 463. The SMILES string of the molecule is Cc1ccc(C(C)(CC2COC2)C(=O)O)c(C)c1. The highest BCUT2D eigenvalue weighted by Gasteiger charge is 2.40. The van der Waals surface area contributed by atoms with Gasteiger partial charge in [0.1, 0.15) is 0 Å². The monoisotopic (exact) mass is 248 g/mol. The summed E-state index contributed by atoms with van der Waals surface area (Å²) in [5, 5.41) is 9.61. The number of rotatable bonds is 4. The molecule has 1 atom stereocenters. The van der Waals surface area contributed by atoms with E-state index in [4.69, 9.17) is 4.74 Å². The van der Waals surface area contributed by atoms with E-state index < -0.39 is 11.4 Å². The van der Waals surface area contributed by atoms with Gasteiger partial charge in [-0.15, -0.1) is 0 Å². The first-order chi connectivity index (χ1) is 8.43. The summed E-state index contributed by atoms with van der Waals surface area (Å²) >= 11 is 0. The lowest BCUT2D eigenvalue weighted by Crippen LogP contribution is -2.40. The van der Waals surface area contributed by atoms with Crippen molar-refractivity contribution in [1.29, 1.82) is 0 Å². The maximum Gasteiger partial charge on any atom is 0.313 e. The van der Waals surface area contributed by atoms with E-state index in [0.717, 1.165) is 16.7 Å². The molecule has 1 aliphatic rings. The van der Waals surface area contributed by atoms with Crippen molar-refractivity contribution in [2.75, 3.05) is 13.2 Å². The zero-order chi connectivity index (χ0) is 13.3. The lowest BCUT2D eigenvalue weighted by atomic mass is 9.73. The van der Waals surface area contributed by atoms with Crippen LogP contribution in [0.4, 0.5) is 0 Å². The Labute approximate surface area is 108 Å². The fourth-order valence-electron chi connectivity index (χ4n) is 2.72. The Hall–Kier alpha value is -1.35. The fraction of sp³-hybridized carbons (Fsp3) is 0.533. The van der Waals surface area contributed by atoms with Gasteiger partial charge in [-0.05, 0) is 38.3 Å². The molecule has 1 aromatic rings. The Balaban J connectivity index is 2.35. The molecule has 1 aliphatic heterocycles. The van der Waals surface area contributed by atoms with Crippen molar-refractivity contribution in [3.63, 3.8) is 0 Å². The van der Waals surface area contributed by atoms with Crippen molar-refractivity contribution in [2.24, 2.45) is 5.92 Å². The first-order valence-corrected chi connectivity index (χ1v) is 6.32. The van der Waals surface area contributed by atoms with Gasteiger partial charge in [0.15, 0.2) is 0 Å². The maximum atomic E-state index is 11.7. The van der Waals surface area contributed by atoms with Gasteiger partial charge in [-0.3, -0.25) is 4.79 Å². The van der Waals surface area contributed by atoms with Gasteiger partial charge in [0.25, 0.3) is 0 Å². The largest absolute Gasteiger partial charge is 0.481 e. The van der Waals surface area contributed by atoms with E-state index in [9.17, 15) is 9.90 Å². The van der Waals surface area contributed by atoms with E-state index in [0.29, 0.717) is 25.6 Å². The molecule has 0 aliphatic carbocycles. The quantitative estimate of drug-likeness (QED) is 0.891. The molecular weight excluding hydrogens is 228 g/mol. The van der Waals surface area contributed by atoms with Crippen LogP contribution >= 0.6 is 0 Å². The number of carboxylic acid groups (broad SMARTS) is 1. The number of aliphatic carboxylic acids is 1. The summed E-state index contributed by atoms with van der Waals surface area (Å²) < 4.78 is 5.15. The molecule has 1 N–H and O–H groups in total. The van der Waals surface area contributed by atoms with Crippen LogP contribution in [-0.4, -0.2) is 24.3 Å². The molecular formula is C15H20O3. The molecule has 1 heterocycles. The Morgan fingerprint density at radius 2 is 2.11 bits per heavy atom. The van der Waals surface area contributed by atoms with E-state index in [-0.39, 0.29) is 0 Å². The summed E-state index contributed by atoms with van der Waals surface area (Å²) in [6.45, 7) is 7.21. The first-order valence-electron chi connectivity index (χ1n) is 6.32. The maximum absolute atomic E-state index is 11.7. The molecule has 1 unspecified atom stereocenters. The number of hydrogen-bond acceptors (Lipinski definition) is 2. The third-order valence-electron chi connectivity index (χ3n) is 3.85. The van der Waals surface area contributed by atoms with Gasteiger partial charge < -0.3 is 9.84 Å². The van der Waals surface area contributed by atoms with Gasteiger partial charge in [0, 0.05) is 5.92 Å². The van der Waals surface area contributed by atoms with Crippen LogP contribution in [0.3, 0.4) is 0 Å². The van der Waals surface area contributed by atoms with Crippen molar-refractivity contribution in [2.45, 2.75) is 32.6 Å². The third kappa shape index (κ3) is 2.27. The summed E-state index contributed by atoms with van der Waals surface area (Å²) in [7, 11) is 0. The number of aryl methyl sites for hydroxylation is 2. The average molecular weight is 248 g/mol. The number of carbonyl (C=O) groups is 1. The highest BCUT2D eigenvalue weighted by Crippen LogP contribution is 2.36. The van der Waals surface area contributed by atoms with Crippen LogP contribution in [0.2, 0.25) is 0 Å². The van der Waals surface area contributed by atoms with Gasteiger partial charge in [-0.25, -0.2) is 0 Å². The Kier molecular flexibility index (Phi) is 3.44. The highest BCUT2D eigenvalue weighted by atomic mass is 16.5. The van der Waals surface area contributed by atoms with Gasteiger partial charge >= 0.3 is 5.97 Å². The van der Waals surface area contributed by atoms with Crippen molar-refractivity contribution in [3.05, 3.63) is 34.9 Å². The standard InChI is InChI=1S/C15H20O3/c1-10-4-5-13(11(2)6-10)15(3,14(16)17)7-12-8-18-9-12/h4-6,12H,7-9H2,1-3H3,(H,16,17). The number of carboxylic acids is 1. The minimum absolute atomic E-state index is 0.367. The third-order valence-corrected chi connectivity index (χ3v) is 3.85. The molecule has 1 aromatic carbocycles. The molecule has 0 bridgehead atoms. The first kappa shape index (κ1) is 13.1. The zero-order valence-electron chi connectivity index (χ0n) is 11.2. The summed E-state index contributed by atoms with van der Waals surface area (Å²) in [6.07, 6.45) is 0.645. The molecule has 98 valence electrons. The predicted octanol–water partition coefficient (Wildman–Crippen LogP) is 2.68. The molecule has 3 nitrogen and oxygen atoms in total. The van der Waals surface area contributed by atoms with Gasteiger partial charge in [-0.2, -0.15) is 0 Å². The van der Waals surface area contributed by atoms with E-state index in [1.807, 2.05) is 39.0 Å². The Morgan fingerprint density at radius 1 is 1.44 bits per heavy atom. The minimum Gasteiger partial charge on any atom is -0.481 e. The molecule has 0 amide bonds. The van der Waals surface area contributed by atoms with Crippen molar-refractivity contribution in [3.8, 4) is 0 Å². The molecule has 0 radical (unpaired) electrons. The lowest BCUT2D eigenvalue weighted by molar-refractivity contribution is -0.146. The van der Waals surface area contributed by atoms with Crippen LogP contribution < -0.4 is 0 Å². The smallest absolute Gasteiger partial charge is 0.313 e. The van der Waals surface area contributed by atoms with E-state index in [1.165, 1.54) is 0 Å². The van der Waals surface area contributed by atoms with E-state index in [2.05, 4.69) is 0 Å². The second kappa shape index (κ2) is 4.73. The second-order valence-corrected chi connectivity index (χ2v) is 5.56. The van der Waals surface area contributed by atoms with Crippen molar-refractivity contribution >= 4 is 5.97 Å². The van der Waals surface area contributed by atoms with E-state index in [1.54, 1.807) is 0 Å². The summed E-state index contributed by atoms with van der Waals surface area (Å²) in [5.41, 5.74) is 2.33.